The third kappa shape index (κ3) is 5.89. The number of anilines is 5. The molecule has 0 aliphatic carbocycles. The maximum Gasteiger partial charge on any atom is 0.0677 e. The zero-order chi connectivity index (χ0) is 28.2. The van der Waals surface area contributed by atoms with Crippen LogP contribution in [-0.2, 0) is 20.1 Å². The normalized spacial score (nSPS) is 11.4. The Morgan fingerprint density at radius 2 is 1.24 bits per heavy atom. The summed E-state index contributed by atoms with van der Waals surface area (Å²) >= 11 is 0. The van der Waals surface area contributed by atoms with Gasteiger partial charge < -0.3 is 19.8 Å². The van der Waals surface area contributed by atoms with E-state index < -0.39 is 0 Å². The molecule has 0 bridgehead atoms. The first-order chi connectivity index (χ1) is 20.1. The van der Waals surface area contributed by atoms with E-state index in [1.807, 2.05) is 72.9 Å². The van der Waals surface area contributed by atoms with Gasteiger partial charge in [-0.25, -0.2) is 0 Å². The summed E-state index contributed by atoms with van der Waals surface area (Å²) in [5.41, 5.74) is 12.2. The SMILES string of the molecule is Cc1cc(C)cc(N2c3ccccc3N(C)c3c(-c4ccccn4)[c-]ccc32)c1.[Ir].[c-]1ccccc1-c1ccccn1. The first kappa shape index (κ1) is 28.9. The van der Waals surface area contributed by atoms with Crippen LogP contribution in [0.4, 0.5) is 28.4 Å². The van der Waals surface area contributed by atoms with Crippen LogP contribution < -0.4 is 9.80 Å². The standard InChI is InChI=1S/C26H22N3.C11H8N.Ir/c1-18-15-19(2)17-20(16-18)29-24-12-5-4-11-23(24)28(3)26-21(9-8-13-25(26)29)22-10-6-7-14-27-22;1-2-6-10(7-3-1)11-8-4-5-9-12-11;/h4-8,10-17H,1-3H3;1-6,8-9H;/q2*-1;. The quantitative estimate of drug-likeness (QED) is 0.171. The summed E-state index contributed by atoms with van der Waals surface area (Å²) in [7, 11) is 2.12. The summed E-state index contributed by atoms with van der Waals surface area (Å²) in [6.45, 7) is 4.30. The summed E-state index contributed by atoms with van der Waals surface area (Å²) in [5.74, 6) is 0. The molecule has 1 aliphatic heterocycles. The minimum absolute atomic E-state index is 0. The van der Waals surface area contributed by atoms with Gasteiger partial charge in [-0.2, -0.15) is 0 Å². The predicted octanol–water partition coefficient (Wildman–Crippen LogP) is 9.26. The average molecular weight is 723 g/mol. The summed E-state index contributed by atoms with van der Waals surface area (Å²) in [5, 5.41) is 0. The molecule has 0 unspecified atom stereocenters. The molecule has 0 saturated heterocycles. The van der Waals surface area contributed by atoms with Crippen LogP contribution in [0.15, 0.2) is 128 Å². The average Bonchev–Trinajstić information content (AvgIpc) is 3.02. The van der Waals surface area contributed by atoms with Crippen molar-refractivity contribution in [1.29, 1.82) is 0 Å². The van der Waals surface area contributed by atoms with E-state index in [1.54, 1.807) is 6.20 Å². The topological polar surface area (TPSA) is 32.3 Å². The van der Waals surface area contributed by atoms with Gasteiger partial charge in [0.25, 0.3) is 0 Å². The second-order valence-electron chi connectivity index (χ2n) is 10.0. The Bertz CT molecular complexity index is 1720. The molecular formula is C37H30IrN4-2. The molecule has 0 amide bonds. The summed E-state index contributed by atoms with van der Waals surface area (Å²) in [6, 6.07) is 45.7. The molecule has 0 fully saturated rings. The molecule has 0 atom stereocenters. The number of hydrogen-bond donors (Lipinski definition) is 0. The molecular weight excluding hydrogens is 693 g/mol. The number of fused-ring (bicyclic) bond motifs is 2. The Morgan fingerprint density at radius 1 is 0.595 bits per heavy atom. The number of benzene rings is 4. The van der Waals surface area contributed by atoms with Gasteiger partial charge >= 0.3 is 0 Å². The molecule has 1 radical (unpaired) electrons. The van der Waals surface area contributed by atoms with E-state index in [0.717, 1.165) is 39.6 Å². The molecule has 3 heterocycles. The summed E-state index contributed by atoms with van der Waals surface area (Å²) < 4.78 is 0. The number of nitrogens with zero attached hydrogens (tertiary/aromatic N) is 4. The third-order valence-corrected chi connectivity index (χ3v) is 7.04. The Morgan fingerprint density at radius 3 is 1.88 bits per heavy atom. The second-order valence-corrected chi connectivity index (χ2v) is 10.0. The van der Waals surface area contributed by atoms with E-state index in [1.165, 1.54) is 22.5 Å². The number of aryl methyl sites for hydroxylation is 2. The van der Waals surface area contributed by atoms with E-state index >= 15 is 0 Å². The van der Waals surface area contributed by atoms with E-state index in [0.29, 0.717) is 0 Å². The van der Waals surface area contributed by atoms with Crippen molar-refractivity contribution >= 4 is 28.4 Å². The van der Waals surface area contributed by atoms with Crippen molar-refractivity contribution in [2.75, 3.05) is 16.8 Å². The maximum atomic E-state index is 4.60. The van der Waals surface area contributed by atoms with Crippen molar-refractivity contribution < 1.29 is 20.1 Å². The van der Waals surface area contributed by atoms with Gasteiger partial charge in [0.1, 0.15) is 0 Å². The molecule has 42 heavy (non-hydrogen) atoms. The van der Waals surface area contributed by atoms with E-state index in [4.69, 9.17) is 0 Å². The van der Waals surface area contributed by atoms with E-state index in [-0.39, 0.29) is 20.1 Å². The molecule has 0 spiro atoms. The van der Waals surface area contributed by atoms with Crippen molar-refractivity contribution in [2.24, 2.45) is 0 Å². The first-order valence-electron chi connectivity index (χ1n) is 13.7. The summed E-state index contributed by atoms with van der Waals surface area (Å²) in [4.78, 5) is 13.4. The largest absolute Gasteiger partial charge is 0.381 e. The molecule has 209 valence electrons. The molecule has 2 aromatic heterocycles. The minimum atomic E-state index is 0. The van der Waals surface area contributed by atoms with Gasteiger partial charge in [0.05, 0.1) is 11.4 Å². The molecule has 7 rings (SSSR count). The zero-order valence-electron chi connectivity index (χ0n) is 23.7. The summed E-state index contributed by atoms with van der Waals surface area (Å²) in [6.07, 6.45) is 3.62. The number of pyridine rings is 2. The van der Waals surface area contributed by atoms with Crippen molar-refractivity contribution in [2.45, 2.75) is 13.8 Å². The molecule has 1 aliphatic rings. The first-order valence-corrected chi connectivity index (χ1v) is 13.7. The van der Waals surface area contributed by atoms with Gasteiger partial charge in [0.15, 0.2) is 0 Å². The fourth-order valence-corrected chi connectivity index (χ4v) is 5.32. The molecule has 0 N–H and O–H groups in total. The third-order valence-electron chi connectivity index (χ3n) is 7.04. The Kier molecular flexibility index (Phi) is 8.92. The Labute approximate surface area is 261 Å². The van der Waals surface area contributed by atoms with Gasteiger partial charge in [-0.15, -0.1) is 54.1 Å². The van der Waals surface area contributed by atoms with Gasteiger partial charge in [0.2, 0.25) is 0 Å². The minimum Gasteiger partial charge on any atom is -0.381 e. The Balaban J connectivity index is 0.000000228. The number of aromatic nitrogens is 2. The molecule has 0 saturated carbocycles. The van der Waals surface area contributed by atoms with Crippen molar-refractivity contribution in [3.63, 3.8) is 0 Å². The molecule has 5 heteroatoms. The molecule has 4 nitrogen and oxygen atoms in total. The monoisotopic (exact) mass is 723 g/mol. The van der Waals surface area contributed by atoms with Crippen LogP contribution in [0.1, 0.15) is 11.1 Å². The van der Waals surface area contributed by atoms with Crippen LogP contribution in [0, 0.1) is 26.0 Å². The van der Waals surface area contributed by atoms with Crippen LogP contribution in [0.5, 0.6) is 0 Å². The van der Waals surface area contributed by atoms with E-state index in [2.05, 4.69) is 101 Å². The van der Waals surface area contributed by atoms with Gasteiger partial charge in [-0.3, -0.25) is 0 Å². The van der Waals surface area contributed by atoms with Crippen LogP contribution >= 0.6 is 0 Å². The van der Waals surface area contributed by atoms with Crippen molar-refractivity contribution in [3.05, 3.63) is 151 Å². The predicted molar refractivity (Wildman–Crippen MR) is 169 cm³/mol. The second kappa shape index (κ2) is 12.9. The van der Waals surface area contributed by atoms with Gasteiger partial charge in [-0.05, 0) is 84.1 Å². The molecule has 4 aromatic carbocycles. The van der Waals surface area contributed by atoms with Gasteiger partial charge in [-0.1, -0.05) is 48.0 Å². The fraction of sp³-hybridized carbons (Fsp3) is 0.0811. The van der Waals surface area contributed by atoms with Crippen LogP contribution in [0.3, 0.4) is 0 Å². The van der Waals surface area contributed by atoms with Gasteiger partial charge in [0, 0.05) is 45.2 Å². The van der Waals surface area contributed by atoms with Crippen molar-refractivity contribution in [3.8, 4) is 22.5 Å². The number of rotatable bonds is 3. The molecule has 6 aromatic rings. The Hall–Kier alpha value is -4.57. The van der Waals surface area contributed by atoms with Crippen LogP contribution in [-0.4, -0.2) is 17.0 Å². The van der Waals surface area contributed by atoms with Crippen molar-refractivity contribution in [1.82, 2.24) is 9.97 Å². The number of para-hydroxylation sites is 2. The number of hydrogen-bond acceptors (Lipinski definition) is 4. The zero-order valence-corrected chi connectivity index (χ0v) is 26.1. The van der Waals surface area contributed by atoms with Crippen LogP contribution in [0.2, 0.25) is 0 Å². The maximum absolute atomic E-state index is 4.60. The smallest absolute Gasteiger partial charge is 0.0677 e. The fourth-order valence-electron chi connectivity index (χ4n) is 5.32. The van der Waals surface area contributed by atoms with E-state index in [9.17, 15) is 0 Å². The van der Waals surface area contributed by atoms with Crippen LogP contribution in [0.25, 0.3) is 22.5 Å².